The van der Waals surface area contributed by atoms with Crippen molar-refractivity contribution >= 4 is 15.8 Å². The monoisotopic (exact) mass is 425 g/mol. The summed E-state index contributed by atoms with van der Waals surface area (Å²) in [6, 6.07) is 6.11. The number of guanidine groups is 1. The first-order valence-electron chi connectivity index (χ1n) is 10.1. The van der Waals surface area contributed by atoms with Gasteiger partial charge in [-0.3, -0.25) is 0 Å². The first-order chi connectivity index (χ1) is 13.6. The highest BCUT2D eigenvalue weighted by Gasteiger charge is 2.30. The number of nitrogens with one attached hydrogen (secondary N) is 2. The van der Waals surface area contributed by atoms with Crippen LogP contribution in [0.4, 0.5) is 0 Å². The Hall–Kier alpha value is -1.80. The van der Waals surface area contributed by atoms with E-state index in [0.717, 1.165) is 36.5 Å². The molecule has 2 rings (SSSR count). The van der Waals surface area contributed by atoms with Crippen molar-refractivity contribution in [3.63, 3.8) is 0 Å². The molecule has 2 N–H and O–H groups in total. The predicted octanol–water partition coefficient (Wildman–Crippen LogP) is 2.29. The third kappa shape index (κ3) is 7.19. The molecular weight excluding hydrogens is 390 g/mol. The fourth-order valence-electron chi connectivity index (χ4n) is 2.78. The zero-order chi connectivity index (χ0) is 21.5. The van der Waals surface area contributed by atoms with Gasteiger partial charge in [-0.05, 0) is 45.7 Å². The van der Waals surface area contributed by atoms with Crippen molar-refractivity contribution in [3.05, 3.63) is 29.3 Å². The highest BCUT2D eigenvalue weighted by atomic mass is 32.2. The number of rotatable bonds is 9. The van der Waals surface area contributed by atoms with Crippen LogP contribution in [-0.4, -0.2) is 58.3 Å². The van der Waals surface area contributed by atoms with Crippen molar-refractivity contribution < 1.29 is 17.9 Å². The summed E-state index contributed by atoms with van der Waals surface area (Å²) in [5, 5.41) is 6.32. The van der Waals surface area contributed by atoms with Crippen LogP contribution in [0.25, 0.3) is 0 Å². The van der Waals surface area contributed by atoms with E-state index < -0.39 is 14.6 Å². The molecule has 1 atom stereocenters. The van der Waals surface area contributed by atoms with E-state index in [9.17, 15) is 8.42 Å². The zero-order valence-corrected chi connectivity index (χ0v) is 19.1. The van der Waals surface area contributed by atoms with Gasteiger partial charge >= 0.3 is 0 Å². The van der Waals surface area contributed by atoms with Crippen molar-refractivity contribution in [2.45, 2.75) is 45.4 Å². The van der Waals surface area contributed by atoms with Gasteiger partial charge < -0.3 is 20.1 Å². The molecular formula is C21H35N3O4S. The number of sulfone groups is 1. The quantitative estimate of drug-likeness (QED) is 0.466. The first-order valence-corrected chi connectivity index (χ1v) is 12.0. The number of hydrogen-bond acceptors (Lipinski definition) is 5. The minimum atomic E-state index is -3.18. The Morgan fingerprint density at radius 1 is 1.34 bits per heavy atom. The Labute approximate surface area is 175 Å². The second kappa shape index (κ2) is 10.3. The van der Waals surface area contributed by atoms with Crippen LogP contribution in [0, 0.1) is 12.8 Å². The van der Waals surface area contributed by atoms with Crippen molar-refractivity contribution in [3.8, 4) is 5.75 Å². The number of aryl methyl sites for hydroxylation is 1. The van der Waals surface area contributed by atoms with Crippen molar-refractivity contribution in [2.24, 2.45) is 10.9 Å². The van der Waals surface area contributed by atoms with Crippen LogP contribution < -0.4 is 15.4 Å². The SMILES string of the molecule is CCNC(=NCc1ccc(C)cc1OCC1CCOC1)NCC(C)(C)S(C)(=O)=O. The lowest BCUT2D eigenvalue weighted by Gasteiger charge is -2.24. The van der Waals surface area contributed by atoms with Gasteiger partial charge in [-0.15, -0.1) is 0 Å². The summed E-state index contributed by atoms with van der Waals surface area (Å²) >= 11 is 0. The molecule has 0 aliphatic carbocycles. The maximum atomic E-state index is 11.9. The number of ether oxygens (including phenoxy) is 2. The molecule has 7 nitrogen and oxygen atoms in total. The molecule has 0 spiro atoms. The van der Waals surface area contributed by atoms with E-state index in [0.29, 0.717) is 31.6 Å². The molecule has 1 saturated heterocycles. The Morgan fingerprint density at radius 3 is 2.72 bits per heavy atom. The largest absolute Gasteiger partial charge is 0.493 e. The Kier molecular flexibility index (Phi) is 8.34. The van der Waals surface area contributed by atoms with E-state index in [1.165, 1.54) is 6.26 Å². The lowest BCUT2D eigenvalue weighted by atomic mass is 10.1. The van der Waals surface area contributed by atoms with Gasteiger partial charge in [0.25, 0.3) is 0 Å². The molecule has 0 saturated carbocycles. The van der Waals surface area contributed by atoms with Crippen LogP contribution >= 0.6 is 0 Å². The molecule has 1 aliphatic heterocycles. The van der Waals surface area contributed by atoms with E-state index in [2.05, 4.69) is 15.6 Å². The molecule has 1 unspecified atom stereocenters. The topological polar surface area (TPSA) is 89.0 Å². The van der Waals surface area contributed by atoms with Gasteiger partial charge in [0.05, 0.1) is 24.5 Å². The van der Waals surface area contributed by atoms with E-state index in [4.69, 9.17) is 9.47 Å². The second-order valence-corrected chi connectivity index (χ2v) is 10.9. The van der Waals surface area contributed by atoms with Gasteiger partial charge in [0.1, 0.15) is 5.75 Å². The maximum Gasteiger partial charge on any atom is 0.191 e. The second-order valence-electron chi connectivity index (χ2n) is 8.23. The van der Waals surface area contributed by atoms with Crippen molar-refractivity contribution in [1.29, 1.82) is 0 Å². The number of aliphatic imine (C=N–C) groups is 1. The van der Waals surface area contributed by atoms with Gasteiger partial charge in [0.2, 0.25) is 0 Å². The minimum absolute atomic E-state index is 0.274. The maximum absolute atomic E-state index is 11.9. The molecule has 1 aromatic rings. The Morgan fingerprint density at radius 2 is 2.10 bits per heavy atom. The fourth-order valence-corrected chi connectivity index (χ4v) is 3.12. The average Bonchev–Trinajstić information content (AvgIpc) is 3.16. The molecule has 0 bridgehead atoms. The van der Waals surface area contributed by atoms with Crippen LogP contribution in [0.5, 0.6) is 5.75 Å². The van der Waals surface area contributed by atoms with Crippen LogP contribution in [-0.2, 0) is 21.1 Å². The van der Waals surface area contributed by atoms with Gasteiger partial charge in [-0.25, -0.2) is 13.4 Å². The summed E-state index contributed by atoms with van der Waals surface area (Å²) in [7, 11) is -3.18. The van der Waals surface area contributed by atoms with Crippen molar-refractivity contribution in [2.75, 3.05) is 39.2 Å². The molecule has 1 fully saturated rings. The lowest BCUT2D eigenvalue weighted by Crippen LogP contribution is -2.47. The van der Waals surface area contributed by atoms with Gasteiger partial charge in [-0.2, -0.15) is 0 Å². The fraction of sp³-hybridized carbons (Fsp3) is 0.667. The number of nitrogens with zero attached hydrogens (tertiary/aromatic N) is 1. The van der Waals surface area contributed by atoms with Crippen LogP contribution in [0.3, 0.4) is 0 Å². The van der Waals surface area contributed by atoms with Gasteiger partial charge in [-0.1, -0.05) is 12.1 Å². The molecule has 8 heteroatoms. The van der Waals surface area contributed by atoms with E-state index in [1.54, 1.807) is 13.8 Å². The molecule has 1 heterocycles. The molecule has 0 aromatic heterocycles. The summed E-state index contributed by atoms with van der Waals surface area (Å²) in [6.45, 7) is 11.0. The molecule has 164 valence electrons. The summed E-state index contributed by atoms with van der Waals surface area (Å²) in [6.07, 6.45) is 2.29. The zero-order valence-electron chi connectivity index (χ0n) is 18.2. The summed E-state index contributed by atoms with van der Waals surface area (Å²) < 4.78 is 34.5. The molecule has 0 amide bonds. The predicted molar refractivity (Wildman–Crippen MR) is 117 cm³/mol. The normalized spacial score (nSPS) is 18.0. The number of benzene rings is 1. The third-order valence-electron chi connectivity index (χ3n) is 5.16. The van der Waals surface area contributed by atoms with Crippen LogP contribution in [0.2, 0.25) is 0 Å². The van der Waals surface area contributed by atoms with Crippen LogP contribution in [0.1, 0.15) is 38.3 Å². The van der Waals surface area contributed by atoms with Gasteiger partial charge in [0.15, 0.2) is 15.8 Å². The van der Waals surface area contributed by atoms with E-state index in [1.807, 2.05) is 32.0 Å². The Bertz CT molecular complexity index is 800. The average molecular weight is 426 g/mol. The molecule has 1 aromatic carbocycles. The lowest BCUT2D eigenvalue weighted by molar-refractivity contribution is 0.166. The molecule has 0 radical (unpaired) electrons. The molecule has 29 heavy (non-hydrogen) atoms. The Balaban J connectivity index is 2.07. The molecule has 1 aliphatic rings. The highest BCUT2D eigenvalue weighted by molar-refractivity contribution is 7.92. The first kappa shape index (κ1) is 23.5. The summed E-state index contributed by atoms with van der Waals surface area (Å²) in [4.78, 5) is 4.63. The standard InChI is InChI=1S/C21H35N3O4S/c1-6-22-20(24-15-21(3,4)29(5,25)26)23-12-18-8-7-16(2)11-19(18)28-14-17-9-10-27-13-17/h7-8,11,17H,6,9-10,12-15H2,1-5H3,(H2,22,23,24). The summed E-state index contributed by atoms with van der Waals surface area (Å²) in [5.74, 6) is 1.86. The number of hydrogen-bond donors (Lipinski definition) is 2. The van der Waals surface area contributed by atoms with Gasteiger partial charge in [0, 0.05) is 37.4 Å². The van der Waals surface area contributed by atoms with Crippen LogP contribution in [0.15, 0.2) is 23.2 Å². The van der Waals surface area contributed by atoms with E-state index >= 15 is 0 Å². The third-order valence-corrected chi connectivity index (χ3v) is 7.31. The van der Waals surface area contributed by atoms with Crippen molar-refractivity contribution in [1.82, 2.24) is 10.6 Å². The minimum Gasteiger partial charge on any atom is -0.493 e. The van der Waals surface area contributed by atoms with E-state index in [-0.39, 0.29) is 6.54 Å². The summed E-state index contributed by atoms with van der Waals surface area (Å²) in [5.41, 5.74) is 2.13. The smallest absolute Gasteiger partial charge is 0.191 e. The highest BCUT2D eigenvalue weighted by Crippen LogP contribution is 2.23.